The van der Waals surface area contributed by atoms with Gasteiger partial charge in [-0.2, -0.15) is 5.26 Å². The molecule has 0 radical (unpaired) electrons. The van der Waals surface area contributed by atoms with E-state index in [4.69, 9.17) is 4.74 Å². The lowest BCUT2D eigenvalue weighted by atomic mass is 10.1. The van der Waals surface area contributed by atoms with Crippen LogP contribution in [0.2, 0.25) is 0 Å². The summed E-state index contributed by atoms with van der Waals surface area (Å²) in [5.41, 5.74) is 0.285. The van der Waals surface area contributed by atoms with Gasteiger partial charge in [0.2, 0.25) is 0 Å². The van der Waals surface area contributed by atoms with Crippen molar-refractivity contribution in [1.29, 1.82) is 5.26 Å². The summed E-state index contributed by atoms with van der Waals surface area (Å²) in [6.45, 7) is 0.0481. The third kappa shape index (κ3) is 5.46. The van der Waals surface area contributed by atoms with Crippen molar-refractivity contribution in [3.05, 3.63) is 99.4 Å². The number of nitro groups is 1. The van der Waals surface area contributed by atoms with Crippen LogP contribution in [0.3, 0.4) is 0 Å². The summed E-state index contributed by atoms with van der Waals surface area (Å²) in [7, 11) is 0. The number of phenolic OH excluding ortho intramolecular Hbond substituents is 1. The Morgan fingerprint density at radius 1 is 1.19 bits per heavy atom. The van der Waals surface area contributed by atoms with Gasteiger partial charge in [-0.25, -0.2) is 4.39 Å². The van der Waals surface area contributed by atoms with E-state index < -0.39 is 16.6 Å². The molecule has 0 fully saturated rings. The second kappa shape index (κ2) is 9.86. The van der Waals surface area contributed by atoms with E-state index in [1.807, 2.05) is 0 Å². The van der Waals surface area contributed by atoms with Gasteiger partial charge < -0.3 is 15.2 Å². The number of aromatic hydroxyl groups is 1. The van der Waals surface area contributed by atoms with E-state index in [-0.39, 0.29) is 29.4 Å². The van der Waals surface area contributed by atoms with Crippen molar-refractivity contribution < 1.29 is 24.0 Å². The van der Waals surface area contributed by atoms with Crippen molar-refractivity contribution in [1.82, 2.24) is 0 Å². The average molecular weight is 433 g/mol. The minimum Gasteiger partial charge on any atom is -0.506 e. The predicted octanol–water partition coefficient (Wildman–Crippen LogP) is 4.56. The van der Waals surface area contributed by atoms with E-state index in [1.54, 1.807) is 48.5 Å². The fourth-order valence-electron chi connectivity index (χ4n) is 2.68. The number of phenols is 1. The fraction of sp³-hybridized carbons (Fsp3) is 0.0435. The molecular weight excluding hydrogens is 417 g/mol. The molecule has 8 nitrogen and oxygen atoms in total. The van der Waals surface area contributed by atoms with Crippen LogP contribution in [0.4, 0.5) is 15.8 Å². The average Bonchev–Trinajstić information content (AvgIpc) is 2.78. The number of nitrogens with zero attached hydrogens (tertiary/aromatic N) is 2. The van der Waals surface area contributed by atoms with Gasteiger partial charge in [0.1, 0.15) is 35.6 Å². The van der Waals surface area contributed by atoms with Crippen LogP contribution in [0, 0.1) is 27.3 Å². The lowest BCUT2D eigenvalue weighted by Gasteiger charge is -2.08. The molecule has 9 heteroatoms. The van der Waals surface area contributed by atoms with Crippen LogP contribution >= 0.6 is 0 Å². The Labute approximate surface area is 182 Å². The van der Waals surface area contributed by atoms with Crippen LogP contribution in [0.1, 0.15) is 11.1 Å². The summed E-state index contributed by atoms with van der Waals surface area (Å²) in [4.78, 5) is 22.4. The van der Waals surface area contributed by atoms with Gasteiger partial charge in [0.25, 0.3) is 11.6 Å². The van der Waals surface area contributed by atoms with E-state index >= 15 is 0 Å². The molecule has 0 aliphatic heterocycles. The van der Waals surface area contributed by atoms with E-state index in [1.165, 1.54) is 18.2 Å². The third-order valence-electron chi connectivity index (χ3n) is 4.35. The van der Waals surface area contributed by atoms with Crippen molar-refractivity contribution >= 4 is 23.4 Å². The molecular formula is C23H16FN3O5. The molecule has 1 amide bonds. The number of ether oxygens (including phenoxy) is 1. The molecule has 0 aliphatic rings. The minimum atomic E-state index is -0.795. The Hall–Kier alpha value is -4.71. The zero-order valence-electron chi connectivity index (χ0n) is 16.5. The fourth-order valence-corrected chi connectivity index (χ4v) is 2.68. The van der Waals surface area contributed by atoms with Crippen molar-refractivity contribution in [2.45, 2.75) is 6.61 Å². The largest absolute Gasteiger partial charge is 0.506 e. The van der Waals surface area contributed by atoms with Gasteiger partial charge in [-0.05, 0) is 35.9 Å². The van der Waals surface area contributed by atoms with Crippen LogP contribution in [-0.2, 0) is 11.4 Å². The first kappa shape index (κ1) is 22.0. The van der Waals surface area contributed by atoms with Crippen molar-refractivity contribution in [3.63, 3.8) is 0 Å². The highest BCUT2D eigenvalue weighted by Crippen LogP contribution is 2.28. The quantitative estimate of drug-likeness (QED) is 0.185. The summed E-state index contributed by atoms with van der Waals surface area (Å²) in [6.07, 6.45) is 1.33. The molecule has 0 spiro atoms. The maximum absolute atomic E-state index is 13.6. The van der Waals surface area contributed by atoms with Gasteiger partial charge >= 0.3 is 0 Å². The van der Waals surface area contributed by atoms with Crippen LogP contribution < -0.4 is 10.1 Å². The summed E-state index contributed by atoms with van der Waals surface area (Å²) in [5.74, 6) is -1.18. The number of carbonyl (C=O) groups excluding carboxylic acids is 1. The number of anilines is 1. The maximum Gasteiger partial charge on any atom is 0.273 e. The summed E-state index contributed by atoms with van der Waals surface area (Å²) in [5, 5.41) is 32.2. The highest BCUT2D eigenvalue weighted by Gasteiger charge is 2.15. The number of carbonyl (C=O) groups is 1. The molecule has 3 aromatic carbocycles. The number of amides is 1. The second-order valence-electron chi connectivity index (χ2n) is 6.53. The minimum absolute atomic E-state index is 0.0481. The monoisotopic (exact) mass is 433 g/mol. The Morgan fingerprint density at radius 2 is 1.91 bits per heavy atom. The number of nitriles is 1. The van der Waals surface area contributed by atoms with Crippen LogP contribution in [0.25, 0.3) is 6.08 Å². The molecule has 3 rings (SSSR count). The number of rotatable bonds is 7. The lowest BCUT2D eigenvalue weighted by molar-refractivity contribution is -0.384. The first-order valence-corrected chi connectivity index (χ1v) is 9.24. The SMILES string of the molecule is N#CC(=Cc1ccc(OCc2ccccc2F)cc1)C(=O)Nc1ccc([N+](=O)[O-])cc1O. The summed E-state index contributed by atoms with van der Waals surface area (Å²) < 4.78 is 19.2. The van der Waals surface area contributed by atoms with E-state index in [0.717, 1.165) is 12.1 Å². The topological polar surface area (TPSA) is 125 Å². The van der Waals surface area contributed by atoms with Crippen LogP contribution in [0.5, 0.6) is 11.5 Å². The molecule has 0 aromatic heterocycles. The van der Waals surface area contributed by atoms with Gasteiger partial charge in [-0.1, -0.05) is 30.3 Å². The van der Waals surface area contributed by atoms with E-state index in [2.05, 4.69) is 5.32 Å². The van der Waals surface area contributed by atoms with Gasteiger partial charge in [-0.3, -0.25) is 14.9 Å². The van der Waals surface area contributed by atoms with Gasteiger partial charge in [0.05, 0.1) is 16.7 Å². The van der Waals surface area contributed by atoms with Crippen LogP contribution in [0.15, 0.2) is 72.3 Å². The number of halogens is 1. The summed E-state index contributed by atoms with van der Waals surface area (Å²) >= 11 is 0. The first-order valence-electron chi connectivity index (χ1n) is 9.24. The zero-order valence-corrected chi connectivity index (χ0v) is 16.5. The molecule has 0 saturated heterocycles. The number of benzene rings is 3. The molecule has 3 aromatic rings. The number of non-ortho nitro benzene ring substituents is 1. The molecule has 0 atom stereocenters. The second-order valence-corrected chi connectivity index (χ2v) is 6.53. The molecule has 0 aliphatic carbocycles. The smallest absolute Gasteiger partial charge is 0.273 e. The predicted molar refractivity (Wildman–Crippen MR) is 114 cm³/mol. The van der Waals surface area contributed by atoms with Crippen molar-refractivity contribution in [2.75, 3.05) is 5.32 Å². The molecule has 0 unspecified atom stereocenters. The standard InChI is InChI=1S/C23H16FN3O5/c24-20-4-2-1-3-16(20)14-32-19-8-5-15(6-9-19)11-17(13-25)23(29)26-21-10-7-18(27(30)31)12-22(21)28/h1-12,28H,14H2,(H,26,29). The molecule has 32 heavy (non-hydrogen) atoms. The van der Waals surface area contributed by atoms with Crippen molar-refractivity contribution in [3.8, 4) is 17.6 Å². The highest BCUT2D eigenvalue weighted by molar-refractivity contribution is 6.10. The number of nitrogens with one attached hydrogen (secondary N) is 1. The Kier molecular flexibility index (Phi) is 6.78. The highest BCUT2D eigenvalue weighted by atomic mass is 19.1. The number of hydrogen-bond donors (Lipinski definition) is 2. The first-order chi connectivity index (χ1) is 15.4. The number of hydrogen-bond acceptors (Lipinski definition) is 6. The van der Waals surface area contributed by atoms with E-state index in [0.29, 0.717) is 16.9 Å². The lowest BCUT2D eigenvalue weighted by Crippen LogP contribution is -2.13. The van der Waals surface area contributed by atoms with Gasteiger partial charge in [0, 0.05) is 11.6 Å². The van der Waals surface area contributed by atoms with E-state index in [9.17, 15) is 29.7 Å². The third-order valence-corrected chi connectivity index (χ3v) is 4.35. The van der Waals surface area contributed by atoms with Crippen LogP contribution in [-0.4, -0.2) is 15.9 Å². The summed E-state index contributed by atoms with van der Waals surface area (Å²) in [6, 6.07) is 17.7. The molecule has 0 saturated carbocycles. The zero-order chi connectivity index (χ0) is 23.1. The normalized spacial score (nSPS) is 10.8. The molecule has 0 heterocycles. The molecule has 160 valence electrons. The Balaban J connectivity index is 1.68. The van der Waals surface area contributed by atoms with Crippen molar-refractivity contribution in [2.24, 2.45) is 0 Å². The Bertz CT molecular complexity index is 1230. The Morgan fingerprint density at radius 3 is 2.53 bits per heavy atom. The molecule has 0 bridgehead atoms. The molecule has 2 N–H and O–H groups in total. The number of nitro benzene ring substituents is 1. The maximum atomic E-state index is 13.6. The van der Waals surface area contributed by atoms with Gasteiger partial charge in [0.15, 0.2) is 0 Å². The van der Waals surface area contributed by atoms with Gasteiger partial charge in [-0.15, -0.1) is 0 Å².